The lowest BCUT2D eigenvalue weighted by molar-refractivity contribution is -0.196. The third-order valence-corrected chi connectivity index (χ3v) is 8.43. The third-order valence-electron chi connectivity index (χ3n) is 6.38. The quantitative estimate of drug-likeness (QED) is 0.300. The number of likely N-dealkylation sites (tertiary alicyclic amines) is 1. The molecule has 2 aromatic carbocycles. The van der Waals surface area contributed by atoms with Crippen LogP contribution in [0.1, 0.15) is 30.0 Å². The topological polar surface area (TPSA) is 78.8 Å². The first-order valence-electron chi connectivity index (χ1n) is 10.5. The number of benzene rings is 2. The van der Waals surface area contributed by atoms with Crippen LogP contribution in [0.2, 0.25) is 15.1 Å². The predicted molar refractivity (Wildman–Crippen MR) is 129 cm³/mol. The van der Waals surface area contributed by atoms with Crippen LogP contribution in [0.5, 0.6) is 0 Å². The molecule has 6 nitrogen and oxygen atoms in total. The number of hydrogen-bond donors (Lipinski definition) is 2. The first-order chi connectivity index (χ1) is 16.7. The smallest absolute Gasteiger partial charge is 0.334 e. The summed E-state index contributed by atoms with van der Waals surface area (Å²) in [7, 11) is -2.97. The number of thiol groups is 1. The Morgan fingerprint density at radius 3 is 2.14 bits per heavy atom. The first kappa shape index (κ1) is 27.0. The molecule has 1 N–H and O–H groups in total. The van der Waals surface area contributed by atoms with Crippen molar-refractivity contribution >= 4 is 57.1 Å². The number of hydrazone groups is 1. The average molecular weight is 587 g/mol. The van der Waals surface area contributed by atoms with Crippen molar-refractivity contribution in [1.82, 2.24) is 10.3 Å². The second-order valence-electron chi connectivity index (χ2n) is 8.70. The normalized spacial score (nSPS) is 22.1. The van der Waals surface area contributed by atoms with E-state index in [1.54, 1.807) is 0 Å². The van der Waals surface area contributed by atoms with Crippen LogP contribution >= 0.6 is 34.8 Å². The van der Waals surface area contributed by atoms with Crippen molar-refractivity contribution in [2.24, 2.45) is 5.10 Å². The Labute approximate surface area is 220 Å². The number of rotatable bonds is 5. The van der Waals surface area contributed by atoms with Crippen molar-refractivity contribution in [3.8, 4) is 0 Å². The maximum absolute atomic E-state index is 15.3. The number of hydrogen-bond acceptors (Lipinski definition) is 5. The molecule has 2 aliphatic rings. The molecule has 1 amide bonds. The number of amides is 1. The molecule has 1 fully saturated rings. The van der Waals surface area contributed by atoms with Gasteiger partial charge < -0.3 is 4.90 Å². The highest BCUT2D eigenvalue weighted by atomic mass is 35.5. The zero-order valence-electron chi connectivity index (χ0n) is 18.4. The highest BCUT2D eigenvalue weighted by molar-refractivity contribution is 7.74. The SMILES string of the molecule is CC(C(=O)N1CC(F)(c2ccc(C3=NNC(c4cc(Cl)c(Cl)c(Cl)c4)(C(F)(F)F)C3)cc2)C1)[SH](=O)=O. The van der Waals surface area contributed by atoms with E-state index in [4.69, 9.17) is 34.8 Å². The minimum atomic E-state index is -4.78. The molecular weight excluding hydrogens is 569 g/mol. The largest absolute Gasteiger partial charge is 0.417 e. The Hall–Kier alpha value is -2.08. The molecule has 2 aromatic rings. The van der Waals surface area contributed by atoms with Gasteiger partial charge in [0, 0.05) is 6.42 Å². The number of nitrogens with zero attached hydrogens (tertiary/aromatic N) is 2. The molecule has 194 valence electrons. The highest BCUT2D eigenvalue weighted by Crippen LogP contribution is 2.47. The molecule has 0 saturated carbocycles. The number of carbonyl (C=O) groups excluding carboxylic acids is 1. The maximum Gasteiger partial charge on any atom is 0.417 e. The zero-order chi connectivity index (χ0) is 26.6. The number of nitrogens with one attached hydrogen (secondary N) is 1. The van der Waals surface area contributed by atoms with E-state index >= 15 is 4.39 Å². The van der Waals surface area contributed by atoms with Gasteiger partial charge in [0.05, 0.1) is 33.9 Å². The summed E-state index contributed by atoms with van der Waals surface area (Å²) < 4.78 is 80.1. The van der Waals surface area contributed by atoms with Crippen LogP contribution in [0.25, 0.3) is 0 Å². The Balaban J connectivity index is 1.53. The zero-order valence-corrected chi connectivity index (χ0v) is 21.5. The lowest BCUT2D eigenvalue weighted by Crippen LogP contribution is -2.60. The van der Waals surface area contributed by atoms with E-state index in [0.717, 1.165) is 17.0 Å². The van der Waals surface area contributed by atoms with E-state index < -0.39 is 45.7 Å². The molecule has 4 rings (SSSR count). The molecule has 1 saturated heterocycles. The summed E-state index contributed by atoms with van der Waals surface area (Å²) in [5, 5.41) is 2.31. The minimum Gasteiger partial charge on any atom is -0.334 e. The van der Waals surface area contributed by atoms with Gasteiger partial charge in [-0.3, -0.25) is 10.2 Å². The highest BCUT2D eigenvalue weighted by Gasteiger charge is 2.59. The molecule has 0 radical (unpaired) electrons. The monoisotopic (exact) mass is 585 g/mol. The van der Waals surface area contributed by atoms with Crippen LogP contribution in [0.3, 0.4) is 0 Å². The molecule has 0 bridgehead atoms. The third kappa shape index (κ3) is 4.55. The Bertz CT molecular complexity index is 1300. The van der Waals surface area contributed by atoms with Crippen molar-refractivity contribution in [2.75, 3.05) is 13.1 Å². The van der Waals surface area contributed by atoms with Crippen LogP contribution in [-0.4, -0.2) is 49.5 Å². The van der Waals surface area contributed by atoms with E-state index in [1.807, 2.05) is 0 Å². The van der Waals surface area contributed by atoms with E-state index in [9.17, 15) is 26.4 Å². The molecule has 2 aliphatic heterocycles. The van der Waals surface area contributed by atoms with Crippen LogP contribution in [0, 0.1) is 0 Å². The van der Waals surface area contributed by atoms with E-state index in [2.05, 4.69) is 10.5 Å². The Morgan fingerprint density at radius 1 is 1.08 bits per heavy atom. The fraction of sp³-hybridized carbons (Fsp3) is 0.364. The molecule has 0 aliphatic carbocycles. The Kier molecular flexibility index (Phi) is 7.00. The molecule has 14 heteroatoms. The van der Waals surface area contributed by atoms with Crippen molar-refractivity contribution in [3.05, 3.63) is 68.2 Å². The maximum atomic E-state index is 15.3. The van der Waals surface area contributed by atoms with Crippen LogP contribution in [-0.2, 0) is 26.7 Å². The van der Waals surface area contributed by atoms with Gasteiger partial charge in [0.25, 0.3) is 0 Å². The summed E-state index contributed by atoms with van der Waals surface area (Å²) >= 11 is 17.8. The second-order valence-corrected chi connectivity index (χ2v) is 11.2. The molecule has 2 atom stereocenters. The van der Waals surface area contributed by atoms with Crippen LogP contribution in [0.15, 0.2) is 41.5 Å². The van der Waals surface area contributed by atoms with Crippen molar-refractivity contribution < 1.29 is 30.8 Å². The van der Waals surface area contributed by atoms with Gasteiger partial charge in [0.15, 0.2) is 21.9 Å². The first-order valence-corrected chi connectivity index (χ1v) is 12.8. The van der Waals surface area contributed by atoms with Gasteiger partial charge in [-0.25, -0.2) is 12.8 Å². The predicted octanol–water partition coefficient (Wildman–Crippen LogP) is 4.81. The van der Waals surface area contributed by atoms with Gasteiger partial charge in [0.1, 0.15) is 5.25 Å². The fourth-order valence-electron chi connectivity index (χ4n) is 4.17. The summed E-state index contributed by atoms with van der Waals surface area (Å²) in [6.07, 6.45) is -5.37. The van der Waals surface area contributed by atoms with Gasteiger partial charge in [-0.2, -0.15) is 18.3 Å². The molecular formula is C22H18Cl3F4N3O3S. The summed E-state index contributed by atoms with van der Waals surface area (Å²) in [6, 6.07) is 7.85. The molecule has 0 aromatic heterocycles. The molecule has 36 heavy (non-hydrogen) atoms. The van der Waals surface area contributed by atoms with Crippen LogP contribution in [0.4, 0.5) is 17.6 Å². The van der Waals surface area contributed by atoms with Gasteiger partial charge in [0.2, 0.25) is 5.91 Å². The van der Waals surface area contributed by atoms with Gasteiger partial charge in [-0.05, 0) is 35.7 Å². The second kappa shape index (κ2) is 9.34. The van der Waals surface area contributed by atoms with E-state index in [0.29, 0.717) is 5.56 Å². The summed E-state index contributed by atoms with van der Waals surface area (Å²) in [5.74, 6) is -0.687. The van der Waals surface area contributed by atoms with Gasteiger partial charge >= 0.3 is 6.18 Å². The fourth-order valence-corrected chi connectivity index (χ4v) is 5.11. The molecule has 2 unspecified atom stereocenters. The van der Waals surface area contributed by atoms with Crippen molar-refractivity contribution in [2.45, 2.75) is 36.0 Å². The van der Waals surface area contributed by atoms with Gasteiger partial charge in [-0.1, -0.05) is 59.1 Å². The summed E-state index contributed by atoms with van der Waals surface area (Å²) in [5.41, 5.74) is -1.96. The van der Waals surface area contributed by atoms with Gasteiger partial charge in [-0.15, -0.1) is 0 Å². The van der Waals surface area contributed by atoms with Crippen molar-refractivity contribution in [1.29, 1.82) is 0 Å². The standard InChI is InChI=1S/C22H18Cl3F4N3O3S/c1-11(36(34)35)19(33)32-9-20(26,10-32)13-4-2-12(3-5-13)17-8-21(31-30-17,22(27,28)29)14-6-15(23)18(25)16(24)7-14/h2-7,11,31,36H,8-10H2,1H3. The average Bonchev–Trinajstić information content (AvgIpc) is 3.26. The van der Waals surface area contributed by atoms with E-state index in [1.165, 1.54) is 31.2 Å². The summed E-state index contributed by atoms with van der Waals surface area (Å²) in [4.78, 5) is 13.2. The summed E-state index contributed by atoms with van der Waals surface area (Å²) in [6.45, 7) is 0.581. The van der Waals surface area contributed by atoms with Crippen molar-refractivity contribution in [3.63, 3.8) is 0 Å². The lowest BCUT2D eigenvalue weighted by atomic mass is 9.83. The lowest BCUT2D eigenvalue weighted by Gasteiger charge is -2.45. The van der Waals surface area contributed by atoms with Crippen LogP contribution < -0.4 is 5.43 Å². The Morgan fingerprint density at radius 2 is 1.64 bits per heavy atom. The number of alkyl halides is 4. The minimum absolute atomic E-state index is 0.0677. The van der Waals surface area contributed by atoms with E-state index in [-0.39, 0.29) is 45.0 Å². The molecule has 2 heterocycles. The number of carbonyl (C=O) groups is 1. The number of halogens is 7. The molecule has 0 spiro atoms.